The normalized spacial score (nSPS) is 20.9. The van der Waals surface area contributed by atoms with E-state index in [1.54, 1.807) is 0 Å². The van der Waals surface area contributed by atoms with E-state index in [0.29, 0.717) is 25.2 Å². The predicted octanol–water partition coefficient (Wildman–Crippen LogP) is 5.78. The summed E-state index contributed by atoms with van der Waals surface area (Å²) in [5.74, 6) is -0.468. The molecule has 0 saturated heterocycles. The number of ketones is 1. The quantitative estimate of drug-likeness (QED) is 0.352. The monoisotopic (exact) mass is 425 g/mol. The molecule has 1 aromatic rings. The first kappa shape index (κ1) is 23.2. The highest BCUT2D eigenvalue weighted by Gasteiger charge is 2.44. The number of ether oxygens (including phenoxy) is 2. The van der Waals surface area contributed by atoms with Crippen LogP contribution in [-0.4, -0.2) is 30.7 Å². The van der Waals surface area contributed by atoms with Gasteiger partial charge in [-0.1, -0.05) is 51.3 Å². The predicted molar refractivity (Wildman–Crippen MR) is 123 cm³/mol. The fourth-order valence-corrected chi connectivity index (χ4v) is 4.46. The summed E-state index contributed by atoms with van der Waals surface area (Å²) < 4.78 is 11.8. The Bertz CT molecular complexity index is 855. The van der Waals surface area contributed by atoms with Crippen molar-refractivity contribution in [2.45, 2.75) is 78.1 Å². The lowest BCUT2D eigenvalue weighted by molar-refractivity contribution is -0.146. The fourth-order valence-electron chi connectivity index (χ4n) is 4.46. The van der Waals surface area contributed by atoms with E-state index < -0.39 is 11.8 Å². The third-order valence-electron chi connectivity index (χ3n) is 6.09. The number of benzene rings is 1. The molecular formula is C26H35NO4. The summed E-state index contributed by atoms with van der Waals surface area (Å²) in [6, 6.07) is 7.79. The van der Waals surface area contributed by atoms with E-state index in [2.05, 4.69) is 13.8 Å². The Morgan fingerprint density at radius 1 is 1.06 bits per heavy atom. The summed E-state index contributed by atoms with van der Waals surface area (Å²) in [4.78, 5) is 31.0. The van der Waals surface area contributed by atoms with Crippen molar-refractivity contribution >= 4 is 17.5 Å². The molecule has 0 bridgehead atoms. The summed E-state index contributed by atoms with van der Waals surface area (Å²) in [7, 11) is 0. The van der Waals surface area contributed by atoms with Crippen molar-refractivity contribution < 1.29 is 19.1 Å². The van der Waals surface area contributed by atoms with Crippen LogP contribution < -0.4 is 4.74 Å². The molecule has 0 N–H and O–H groups in total. The molecule has 1 heterocycles. The summed E-state index contributed by atoms with van der Waals surface area (Å²) in [6.07, 6.45) is 7.01. The van der Waals surface area contributed by atoms with Crippen LogP contribution in [0.2, 0.25) is 0 Å². The maximum absolute atomic E-state index is 13.2. The van der Waals surface area contributed by atoms with Crippen LogP contribution in [0.1, 0.15) is 83.6 Å². The number of nitrogens with zero attached hydrogens (tertiary/aromatic N) is 1. The van der Waals surface area contributed by atoms with Gasteiger partial charge in [-0.2, -0.15) is 0 Å². The lowest BCUT2D eigenvalue weighted by Crippen LogP contribution is -2.37. The number of aliphatic imine (C=N–C) groups is 1. The molecule has 2 aliphatic rings. The van der Waals surface area contributed by atoms with Crippen LogP contribution >= 0.6 is 0 Å². The van der Waals surface area contributed by atoms with Gasteiger partial charge in [0.15, 0.2) is 5.78 Å². The third-order valence-corrected chi connectivity index (χ3v) is 6.09. The van der Waals surface area contributed by atoms with Crippen molar-refractivity contribution in [1.82, 2.24) is 0 Å². The molecule has 0 fully saturated rings. The zero-order valence-corrected chi connectivity index (χ0v) is 19.1. The largest absolute Gasteiger partial charge is 0.493 e. The van der Waals surface area contributed by atoms with Gasteiger partial charge in [0, 0.05) is 34.9 Å². The number of allylic oxidation sites excluding steroid dienone is 2. The number of hydrogen-bond acceptors (Lipinski definition) is 5. The first-order chi connectivity index (χ1) is 15.1. The van der Waals surface area contributed by atoms with Gasteiger partial charge in [-0.15, -0.1) is 0 Å². The molecule has 0 radical (unpaired) electrons. The van der Waals surface area contributed by atoms with Gasteiger partial charge in [0.05, 0.1) is 13.2 Å². The van der Waals surface area contributed by atoms with Crippen molar-refractivity contribution in [1.29, 1.82) is 0 Å². The highest BCUT2D eigenvalue weighted by Crippen LogP contribution is 2.46. The Morgan fingerprint density at radius 2 is 1.84 bits per heavy atom. The highest BCUT2D eigenvalue weighted by atomic mass is 16.5. The van der Waals surface area contributed by atoms with Gasteiger partial charge < -0.3 is 9.47 Å². The van der Waals surface area contributed by atoms with E-state index in [4.69, 9.17) is 14.5 Å². The van der Waals surface area contributed by atoms with E-state index in [1.165, 1.54) is 0 Å². The lowest BCUT2D eigenvalue weighted by Gasteiger charge is -2.35. The second-order valence-corrected chi connectivity index (χ2v) is 8.46. The molecule has 168 valence electrons. The lowest BCUT2D eigenvalue weighted by atomic mass is 9.71. The molecule has 2 atom stereocenters. The topological polar surface area (TPSA) is 65.0 Å². The van der Waals surface area contributed by atoms with Gasteiger partial charge in [-0.3, -0.25) is 14.6 Å². The molecule has 5 nitrogen and oxygen atoms in total. The van der Waals surface area contributed by atoms with E-state index >= 15 is 0 Å². The van der Waals surface area contributed by atoms with E-state index in [-0.39, 0.29) is 11.8 Å². The minimum Gasteiger partial charge on any atom is -0.493 e. The molecule has 1 aliphatic carbocycles. The standard InChI is InChI=1S/C26H35NO4/c1-4-6-10-17-31-26(29)23-18(3)27-20-13-11-14-21(28)25(20)24(23)19-12-8-9-15-22(19)30-16-7-5-2/h8-9,12,15,23-24H,4-7,10-11,13-14,16-17H2,1-3H3/t23?,24-/m1/s1. The van der Waals surface area contributed by atoms with Gasteiger partial charge in [-0.25, -0.2) is 0 Å². The van der Waals surface area contributed by atoms with Crippen LogP contribution in [0.3, 0.4) is 0 Å². The van der Waals surface area contributed by atoms with Gasteiger partial charge in [-0.05, 0) is 38.7 Å². The first-order valence-corrected chi connectivity index (χ1v) is 11.8. The summed E-state index contributed by atoms with van der Waals surface area (Å²) >= 11 is 0. The maximum atomic E-state index is 13.2. The molecule has 0 aromatic heterocycles. The van der Waals surface area contributed by atoms with Crippen LogP contribution in [0.5, 0.6) is 5.75 Å². The molecule has 0 spiro atoms. The van der Waals surface area contributed by atoms with Crippen LogP contribution in [0.15, 0.2) is 40.5 Å². The minimum absolute atomic E-state index is 0.0923. The average Bonchev–Trinajstić information content (AvgIpc) is 2.76. The number of carbonyl (C=O) groups is 2. The Balaban J connectivity index is 1.99. The average molecular weight is 426 g/mol. The number of rotatable bonds is 10. The summed E-state index contributed by atoms with van der Waals surface area (Å²) in [5.41, 5.74) is 3.12. The number of esters is 1. The molecule has 0 amide bonds. The maximum Gasteiger partial charge on any atom is 0.315 e. The molecule has 1 unspecified atom stereocenters. The van der Waals surface area contributed by atoms with Gasteiger partial charge in [0.25, 0.3) is 0 Å². The second-order valence-electron chi connectivity index (χ2n) is 8.46. The van der Waals surface area contributed by atoms with Crippen LogP contribution in [0, 0.1) is 5.92 Å². The molecule has 1 aromatic carbocycles. The molecule has 31 heavy (non-hydrogen) atoms. The van der Waals surface area contributed by atoms with Crippen LogP contribution in [-0.2, 0) is 14.3 Å². The SMILES string of the molecule is CCCCCOC(=O)C1C(C)=NC2=C(C(=O)CCC2)[C@@H]1c1ccccc1OCCCC. The van der Waals surface area contributed by atoms with Crippen molar-refractivity contribution in [3.05, 3.63) is 41.1 Å². The zero-order valence-electron chi connectivity index (χ0n) is 19.1. The van der Waals surface area contributed by atoms with Crippen LogP contribution in [0.25, 0.3) is 0 Å². The molecule has 0 saturated carbocycles. The highest BCUT2D eigenvalue weighted by molar-refractivity contribution is 6.09. The van der Waals surface area contributed by atoms with Crippen LogP contribution in [0.4, 0.5) is 0 Å². The van der Waals surface area contributed by atoms with Crippen molar-refractivity contribution in [3.8, 4) is 5.75 Å². The smallest absolute Gasteiger partial charge is 0.315 e. The molecular weight excluding hydrogens is 390 g/mol. The Labute approximate surface area is 185 Å². The Morgan fingerprint density at radius 3 is 2.61 bits per heavy atom. The van der Waals surface area contributed by atoms with Gasteiger partial charge in [0.1, 0.15) is 11.7 Å². The zero-order chi connectivity index (χ0) is 22.2. The molecule has 1 aliphatic heterocycles. The number of unbranched alkanes of at least 4 members (excludes halogenated alkanes) is 3. The van der Waals surface area contributed by atoms with E-state index in [1.807, 2.05) is 31.2 Å². The van der Waals surface area contributed by atoms with E-state index in [0.717, 1.165) is 67.7 Å². The summed E-state index contributed by atoms with van der Waals surface area (Å²) in [5, 5.41) is 0. The van der Waals surface area contributed by atoms with E-state index in [9.17, 15) is 9.59 Å². The Kier molecular flexibility index (Phi) is 8.44. The van der Waals surface area contributed by atoms with Gasteiger partial charge in [0.2, 0.25) is 0 Å². The first-order valence-electron chi connectivity index (χ1n) is 11.8. The third kappa shape index (κ3) is 5.44. The summed E-state index contributed by atoms with van der Waals surface area (Å²) in [6.45, 7) is 7.14. The fraction of sp³-hybridized carbons (Fsp3) is 0.577. The van der Waals surface area contributed by atoms with Crippen molar-refractivity contribution in [2.24, 2.45) is 10.9 Å². The van der Waals surface area contributed by atoms with Crippen molar-refractivity contribution in [3.63, 3.8) is 0 Å². The number of Topliss-reactive ketones (excluding diaryl/α,β-unsaturated/α-hetero) is 1. The number of hydrogen-bond donors (Lipinski definition) is 0. The molecule has 3 rings (SSSR count). The number of carbonyl (C=O) groups excluding carboxylic acids is 2. The van der Waals surface area contributed by atoms with Gasteiger partial charge >= 0.3 is 5.97 Å². The number of para-hydroxylation sites is 1. The molecule has 5 heteroatoms. The second kappa shape index (κ2) is 11.3. The van der Waals surface area contributed by atoms with Crippen molar-refractivity contribution in [2.75, 3.05) is 13.2 Å². The minimum atomic E-state index is -0.599. The Hall–Kier alpha value is -2.43.